The Hall–Kier alpha value is -3.05. The number of hydrogen-bond acceptors (Lipinski definition) is 5. The van der Waals surface area contributed by atoms with Crippen molar-refractivity contribution in [2.24, 2.45) is 5.73 Å². The van der Waals surface area contributed by atoms with E-state index in [0.29, 0.717) is 17.8 Å². The van der Waals surface area contributed by atoms with E-state index in [-0.39, 0.29) is 34.0 Å². The molecule has 0 saturated heterocycles. The second kappa shape index (κ2) is 8.76. The molecule has 6 nitrogen and oxygen atoms in total. The zero-order chi connectivity index (χ0) is 21.9. The number of ether oxygens (including phenoxy) is 1. The summed E-state index contributed by atoms with van der Waals surface area (Å²) in [6.07, 6.45) is -4.04. The topological polar surface area (TPSA) is 80.5 Å². The number of carbonyl (C=O) groups is 1. The maximum absolute atomic E-state index is 13.0. The van der Waals surface area contributed by atoms with Gasteiger partial charge in [-0.2, -0.15) is 18.2 Å². The number of benzene rings is 1. The molecule has 0 saturated carbocycles. The first-order chi connectivity index (χ1) is 14.1. The highest BCUT2D eigenvalue weighted by Gasteiger charge is 2.32. The van der Waals surface area contributed by atoms with Crippen LogP contribution < -0.4 is 20.9 Å². The Morgan fingerprint density at radius 3 is 2.57 bits per heavy atom. The number of urea groups is 1. The number of anilines is 2. The Bertz CT molecular complexity index is 1040. The van der Waals surface area contributed by atoms with Crippen molar-refractivity contribution < 1.29 is 27.1 Å². The maximum Gasteiger partial charge on any atom is 0.417 e. The van der Waals surface area contributed by atoms with Crippen molar-refractivity contribution in [1.29, 1.82) is 0 Å². The van der Waals surface area contributed by atoms with Gasteiger partial charge in [0.2, 0.25) is 0 Å². The van der Waals surface area contributed by atoms with Gasteiger partial charge in [-0.25, -0.2) is 14.2 Å². The molecule has 0 aliphatic heterocycles. The smallest absolute Gasteiger partial charge is 0.417 e. The molecule has 2 aromatic heterocycles. The van der Waals surface area contributed by atoms with Crippen molar-refractivity contribution in [3.63, 3.8) is 0 Å². The number of halogens is 5. The first-order valence-electron chi connectivity index (χ1n) is 8.19. The minimum atomic E-state index is -4.62. The van der Waals surface area contributed by atoms with E-state index in [1.807, 2.05) is 0 Å². The lowest BCUT2D eigenvalue weighted by molar-refractivity contribution is -0.137. The van der Waals surface area contributed by atoms with Gasteiger partial charge in [-0.3, -0.25) is 5.43 Å². The van der Waals surface area contributed by atoms with Gasteiger partial charge in [0.1, 0.15) is 12.4 Å². The SMILES string of the molecule is NC(=O)N(Nc1ncc(C(F)(F)F)cc1Cl)c1sccc1OCc1ccc(F)cc1. The molecule has 2 amide bonds. The molecule has 3 N–H and O–H groups in total. The quantitative estimate of drug-likeness (QED) is 0.379. The number of nitrogens with one attached hydrogen (secondary N) is 1. The van der Waals surface area contributed by atoms with Crippen LogP contribution in [0, 0.1) is 5.82 Å². The fraction of sp³-hybridized carbons (Fsp3) is 0.111. The van der Waals surface area contributed by atoms with Gasteiger partial charge in [0.25, 0.3) is 0 Å². The summed E-state index contributed by atoms with van der Waals surface area (Å²) in [4.78, 5) is 15.6. The van der Waals surface area contributed by atoms with Crippen molar-refractivity contribution in [1.82, 2.24) is 4.98 Å². The monoisotopic (exact) mass is 460 g/mol. The molecule has 3 rings (SSSR count). The highest BCUT2D eigenvalue weighted by atomic mass is 35.5. The van der Waals surface area contributed by atoms with E-state index in [4.69, 9.17) is 22.1 Å². The Labute approximate surface area is 176 Å². The van der Waals surface area contributed by atoms with Crippen LogP contribution in [0.1, 0.15) is 11.1 Å². The lowest BCUT2D eigenvalue weighted by Crippen LogP contribution is -2.40. The molecule has 12 heteroatoms. The first kappa shape index (κ1) is 21.7. The summed E-state index contributed by atoms with van der Waals surface area (Å²) in [5.41, 5.74) is 7.55. The van der Waals surface area contributed by atoms with Gasteiger partial charge in [0.05, 0.1) is 10.6 Å². The number of hydrazine groups is 1. The summed E-state index contributed by atoms with van der Waals surface area (Å²) < 4.78 is 57.0. The van der Waals surface area contributed by atoms with E-state index >= 15 is 0 Å². The van der Waals surface area contributed by atoms with Crippen molar-refractivity contribution in [2.45, 2.75) is 12.8 Å². The number of primary amides is 1. The van der Waals surface area contributed by atoms with Gasteiger partial charge in [0.15, 0.2) is 16.6 Å². The molecule has 30 heavy (non-hydrogen) atoms. The fourth-order valence-corrected chi connectivity index (χ4v) is 3.30. The Morgan fingerprint density at radius 1 is 1.27 bits per heavy atom. The Kier molecular flexibility index (Phi) is 6.32. The zero-order valence-corrected chi connectivity index (χ0v) is 16.5. The zero-order valence-electron chi connectivity index (χ0n) is 14.9. The van der Waals surface area contributed by atoms with Gasteiger partial charge in [-0.1, -0.05) is 23.7 Å². The number of hydrogen-bond donors (Lipinski definition) is 2. The number of nitrogens with two attached hydrogens (primary N) is 1. The number of thiophene rings is 1. The number of pyridine rings is 1. The normalized spacial score (nSPS) is 11.2. The van der Waals surface area contributed by atoms with Crippen molar-refractivity contribution in [3.8, 4) is 5.75 Å². The molecule has 3 aromatic rings. The van der Waals surface area contributed by atoms with Crippen molar-refractivity contribution >= 4 is 39.8 Å². The van der Waals surface area contributed by atoms with Crippen LogP contribution in [0.25, 0.3) is 0 Å². The van der Waals surface area contributed by atoms with Crippen molar-refractivity contribution in [3.05, 3.63) is 69.9 Å². The van der Waals surface area contributed by atoms with Gasteiger partial charge >= 0.3 is 12.2 Å². The number of carbonyl (C=O) groups excluding carboxylic acids is 1. The van der Waals surface area contributed by atoms with E-state index in [0.717, 1.165) is 16.3 Å². The molecule has 1 aromatic carbocycles. The average Bonchev–Trinajstić information content (AvgIpc) is 3.13. The average molecular weight is 461 g/mol. The highest BCUT2D eigenvalue weighted by Crippen LogP contribution is 2.37. The molecule has 0 aliphatic carbocycles. The van der Waals surface area contributed by atoms with Gasteiger partial charge in [-0.05, 0) is 35.2 Å². The molecule has 158 valence electrons. The van der Waals surface area contributed by atoms with Crippen LogP contribution >= 0.6 is 22.9 Å². The van der Waals surface area contributed by atoms with Crippen LogP contribution in [0.3, 0.4) is 0 Å². The summed E-state index contributed by atoms with van der Waals surface area (Å²) in [7, 11) is 0. The van der Waals surface area contributed by atoms with Crippen molar-refractivity contribution in [2.75, 3.05) is 10.4 Å². The largest absolute Gasteiger partial charge is 0.486 e. The molecule has 0 spiro atoms. The molecule has 0 bridgehead atoms. The Morgan fingerprint density at radius 2 is 1.97 bits per heavy atom. The molecule has 0 atom stereocenters. The van der Waals surface area contributed by atoms with E-state index in [2.05, 4.69) is 10.4 Å². The molecular formula is C18H13ClF4N4O2S. The van der Waals surface area contributed by atoms with Crippen LogP contribution in [0.4, 0.5) is 33.2 Å². The van der Waals surface area contributed by atoms with E-state index < -0.39 is 17.8 Å². The van der Waals surface area contributed by atoms with Crippen LogP contribution in [-0.2, 0) is 12.8 Å². The number of rotatable bonds is 6. The van der Waals surface area contributed by atoms with E-state index in [1.54, 1.807) is 11.4 Å². The van der Waals surface area contributed by atoms with Crippen LogP contribution in [-0.4, -0.2) is 11.0 Å². The fourth-order valence-electron chi connectivity index (χ4n) is 2.29. The second-order valence-electron chi connectivity index (χ2n) is 5.84. The van der Waals surface area contributed by atoms with Crippen LogP contribution in [0.5, 0.6) is 5.75 Å². The van der Waals surface area contributed by atoms with E-state index in [9.17, 15) is 22.4 Å². The Balaban J connectivity index is 1.80. The standard InChI is InChI=1S/C18H13ClF4N4O2S/c19-13-7-11(18(21,22)23)8-25-15(13)26-27(17(24)28)16-14(5-6-30-16)29-9-10-1-3-12(20)4-2-10/h1-8H,9H2,(H2,24,28)(H,25,26). The third-order valence-electron chi connectivity index (χ3n) is 3.73. The number of alkyl halides is 3. The molecule has 0 fully saturated rings. The molecule has 0 aliphatic rings. The molecule has 0 unspecified atom stereocenters. The number of nitrogens with zero attached hydrogens (tertiary/aromatic N) is 2. The summed E-state index contributed by atoms with van der Waals surface area (Å²) in [5, 5.41) is 2.34. The maximum atomic E-state index is 13.0. The lowest BCUT2D eigenvalue weighted by Gasteiger charge is -2.22. The second-order valence-corrected chi connectivity index (χ2v) is 7.14. The molecule has 0 radical (unpaired) electrons. The number of aromatic nitrogens is 1. The number of amides is 2. The van der Waals surface area contributed by atoms with Gasteiger partial charge in [-0.15, -0.1) is 11.3 Å². The highest BCUT2D eigenvalue weighted by molar-refractivity contribution is 7.14. The van der Waals surface area contributed by atoms with Crippen LogP contribution in [0.2, 0.25) is 5.02 Å². The lowest BCUT2D eigenvalue weighted by atomic mass is 10.2. The molecule has 2 heterocycles. The minimum absolute atomic E-state index is 0.0793. The minimum Gasteiger partial charge on any atom is -0.486 e. The van der Waals surface area contributed by atoms with Gasteiger partial charge < -0.3 is 10.5 Å². The predicted octanol–water partition coefficient (Wildman–Crippen LogP) is 5.45. The molecular weight excluding hydrogens is 448 g/mol. The summed E-state index contributed by atoms with van der Waals surface area (Å²) in [6.45, 7) is 0.0793. The van der Waals surface area contributed by atoms with Gasteiger partial charge in [0, 0.05) is 6.20 Å². The van der Waals surface area contributed by atoms with E-state index in [1.165, 1.54) is 24.3 Å². The first-order valence-corrected chi connectivity index (χ1v) is 9.44. The summed E-state index contributed by atoms with van der Waals surface area (Å²) in [5.74, 6) is -0.333. The summed E-state index contributed by atoms with van der Waals surface area (Å²) in [6, 6.07) is 6.92. The summed E-state index contributed by atoms with van der Waals surface area (Å²) >= 11 is 6.96. The van der Waals surface area contributed by atoms with Crippen LogP contribution in [0.15, 0.2) is 48.0 Å². The predicted molar refractivity (Wildman–Crippen MR) is 105 cm³/mol. The third kappa shape index (κ3) is 5.10. The third-order valence-corrected chi connectivity index (χ3v) is 4.89.